The van der Waals surface area contributed by atoms with E-state index in [0.29, 0.717) is 4.90 Å². The number of aryl methyl sites for hydroxylation is 2. The highest BCUT2D eigenvalue weighted by Crippen LogP contribution is 2.27. The number of benzene rings is 1. The Balaban J connectivity index is 2.97. The Morgan fingerprint density at radius 1 is 1.27 bits per heavy atom. The van der Waals surface area contributed by atoms with Crippen molar-refractivity contribution in [2.75, 3.05) is 6.26 Å². The van der Waals surface area contributed by atoms with Crippen LogP contribution in [-0.2, 0) is 9.84 Å². The fourth-order valence-corrected chi connectivity index (χ4v) is 3.41. The van der Waals surface area contributed by atoms with Crippen LogP contribution < -0.4 is 0 Å². The lowest BCUT2D eigenvalue weighted by Gasteiger charge is -2.08. The van der Waals surface area contributed by atoms with Gasteiger partial charge >= 0.3 is 0 Å². The van der Waals surface area contributed by atoms with Crippen molar-refractivity contribution >= 4 is 20.7 Å². The average Bonchev–Trinajstić information content (AvgIpc) is 2.48. The van der Waals surface area contributed by atoms with Gasteiger partial charge in [-0.3, -0.25) is 0 Å². The summed E-state index contributed by atoms with van der Waals surface area (Å²) in [6, 6.07) is 3.78. The first-order valence-corrected chi connectivity index (χ1v) is 6.58. The quantitative estimate of drug-likeness (QED) is 0.805. The van der Waals surface area contributed by atoms with Crippen LogP contribution in [0.1, 0.15) is 11.1 Å². The minimum Gasteiger partial charge on any atom is -0.361 e. The van der Waals surface area contributed by atoms with Crippen molar-refractivity contribution in [1.29, 1.82) is 0 Å². The van der Waals surface area contributed by atoms with E-state index in [-0.39, 0.29) is 0 Å². The summed E-state index contributed by atoms with van der Waals surface area (Å²) in [6.45, 7) is 3.67. The van der Waals surface area contributed by atoms with E-state index in [4.69, 9.17) is 0 Å². The van der Waals surface area contributed by atoms with Gasteiger partial charge in [0.1, 0.15) is 0 Å². The average molecular weight is 223 g/mol. The fraction of sp³-hybridized carbons (Fsp3) is 0.273. The van der Waals surface area contributed by atoms with Crippen molar-refractivity contribution in [1.82, 2.24) is 4.98 Å². The largest absolute Gasteiger partial charge is 0.361 e. The molecule has 0 fully saturated rings. The van der Waals surface area contributed by atoms with Crippen LogP contribution in [0.25, 0.3) is 10.9 Å². The van der Waals surface area contributed by atoms with Gasteiger partial charge in [0.15, 0.2) is 9.84 Å². The smallest absolute Gasteiger partial charge is 0.176 e. The fourth-order valence-electron chi connectivity index (χ4n) is 2.10. The predicted octanol–water partition coefficient (Wildman–Crippen LogP) is 2.19. The van der Waals surface area contributed by atoms with Crippen LogP contribution in [0.15, 0.2) is 23.2 Å². The predicted molar refractivity (Wildman–Crippen MR) is 60.9 cm³/mol. The van der Waals surface area contributed by atoms with Crippen LogP contribution >= 0.6 is 0 Å². The molecule has 0 bridgehead atoms. The lowest BCUT2D eigenvalue weighted by Crippen LogP contribution is -2.03. The van der Waals surface area contributed by atoms with E-state index < -0.39 is 9.84 Å². The molecule has 0 saturated heterocycles. The first-order chi connectivity index (χ1) is 6.91. The molecule has 0 radical (unpaired) electrons. The standard InChI is InChI=1S/C11H13NO2S/c1-7-6-10-9(4-5-12-10)8(2)11(7)15(3,13)14/h4-6,12H,1-3H3. The summed E-state index contributed by atoms with van der Waals surface area (Å²) in [5, 5.41) is 0.973. The van der Waals surface area contributed by atoms with Crippen LogP contribution in [0.2, 0.25) is 0 Å². The molecule has 1 heterocycles. The number of hydrogen-bond acceptors (Lipinski definition) is 2. The first kappa shape index (κ1) is 10.2. The number of hydrogen-bond donors (Lipinski definition) is 1. The van der Waals surface area contributed by atoms with Crippen LogP contribution in [-0.4, -0.2) is 19.7 Å². The number of aromatic nitrogens is 1. The molecular formula is C11H13NO2S. The summed E-state index contributed by atoms with van der Waals surface area (Å²) >= 11 is 0. The van der Waals surface area contributed by atoms with Crippen molar-refractivity contribution in [2.45, 2.75) is 18.7 Å². The Hall–Kier alpha value is -1.29. The van der Waals surface area contributed by atoms with Crippen molar-refractivity contribution < 1.29 is 8.42 Å². The van der Waals surface area contributed by atoms with Crippen molar-refractivity contribution in [3.63, 3.8) is 0 Å². The van der Waals surface area contributed by atoms with E-state index in [9.17, 15) is 8.42 Å². The van der Waals surface area contributed by atoms with Gasteiger partial charge in [0.2, 0.25) is 0 Å². The molecule has 0 atom stereocenters. The van der Waals surface area contributed by atoms with Gasteiger partial charge in [-0.1, -0.05) is 0 Å². The number of rotatable bonds is 1. The summed E-state index contributed by atoms with van der Waals surface area (Å²) in [4.78, 5) is 3.54. The summed E-state index contributed by atoms with van der Waals surface area (Å²) in [6.07, 6.45) is 3.07. The van der Waals surface area contributed by atoms with E-state index in [2.05, 4.69) is 4.98 Å². The van der Waals surface area contributed by atoms with Crippen LogP contribution in [0.4, 0.5) is 0 Å². The Morgan fingerprint density at radius 3 is 2.53 bits per heavy atom. The Bertz CT molecular complexity index is 623. The van der Waals surface area contributed by atoms with Gasteiger partial charge in [0, 0.05) is 23.4 Å². The molecule has 3 nitrogen and oxygen atoms in total. The summed E-state index contributed by atoms with van der Waals surface area (Å²) in [7, 11) is -3.15. The minimum atomic E-state index is -3.15. The highest BCUT2D eigenvalue weighted by Gasteiger charge is 2.16. The maximum absolute atomic E-state index is 11.6. The number of H-pyrrole nitrogens is 1. The molecule has 0 aliphatic heterocycles. The zero-order chi connectivity index (χ0) is 11.2. The maximum atomic E-state index is 11.6. The molecule has 0 unspecified atom stereocenters. The van der Waals surface area contributed by atoms with Gasteiger partial charge in [-0.25, -0.2) is 8.42 Å². The third-order valence-electron chi connectivity index (χ3n) is 2.61. The Labute approximate surface area is 89.0 Å². The van der Waals surface area contributed by atoms with E-state index in [1.54, 1.807) is 0 Å². The van der Waals surface area contributed by atoms with Gasteiger partial charge in [-0.2, -0.15) is 0 Å². The van der Waals surface area contributed by atoms with Crippen molar-refractivity contribution in [3.05, 3.63) is 29.5 Å². The van der Waals surface area contributed by atoms with Crippen LogP contribution in [0.5, 0.6) is 0 Å². The third-order valence-corrected chi connectivity index (χ3v) is 3.98. The molecule has 1 aromatic carbocycles. The summed E-state index contributed by atoms with van der Waals surface area (Å²) < 4.78 is 23.3. The molecule has 0 aliphatic carbocycles. The van der Waals surface area contributed by atoms with E-state index in [1.165, 1.54) is 6.26 Å². The normalized spacial score (nSPS) is 12.2. The zero-order valence-corrected chi connectivity index (χ0v) is 9.77. The number of aromatic amines is 1. The van der Waals surface area contributed by atoms with Crippen molar-refractivity contribution in [2.24, 2.45) is 0 Å². The van der Waals surface area contributed by atoms with Gasteiger partial charge in [-0.15, -0.1) is 0 Å². The molecule has 4 heteroatoms. The second-order valence-electron chi connectivity index (χ2n) is 3.86. The van der Waals surface area contributed by atoms with Gasteiger partial charge in [0.25, 0.3) is 0 Å². The SMILES string of the molecule is Cc1cc2[nH]ccc2c(C)c1S(C)(=O)=O. The number of nitrogens with one attached hydrogen (secondary N) is 1. The second kappa shape index (κ2) is 3.10. The molecule has 15 heavy (non-hydrogen) atoms. The molecule has 0 saturated carbocycles. The van der Waals surface area contributed by atoms with E-state index in [0.717, 1.165) is 22.0 Å². The maximum Gasteiger partial charge on any atom is 0.176 e. The lowest BCUT2D eigenvalue weighted by molar-refractivity contribution is 0.601. The highest BCUT2D eigenvalue weighted by atomic mass is 32.2. The third kappa shape index (κ3) is 1.55. The summed E-state index contributed by atoms with van der Waals surface area (Å²) in [5.41, 5.74) is 2.61. The van der Waals surface area contributed by atoms with Gasteiger partial charge in [-0.05, 0) is 37.1 Å². The molecular weight excluding hydrogens is 210 g/mol. The Morgan fingerprint density at radius 2 is 1.93 bits per heavy atom. The van der Waals surface area contributed by atoms with Crippen molar-refractivity contribution in [3.8, 4) is 0 Å². The molecule has 2 rings (SSSR count). The first-order valence-electron chi connectivity index (χ1n) is 4.68. The Kier molecular flexibility index (Phi) is 2.12. The molecule has 1 aromatic heterocycles. The van der Waals surface area contributed by atoms with Gasteiger partial charge in [0.05, 0.1) is 4.90 Å². The molecule has 0 spiro atoms. The number of sulfone groups is 1. The van der Waals surface area contributed by atoms with Crippen LogP contribution in [0, 0.1) is 13.8 Å². The van der Waals surface area contributed by atoms with E-state index in [1.807, 2.05) is 32.2 Å². The number of fused-ring (bicyclic) bond motifs is 1. The second-order valence-corrected chi connectivity index (χ2v) is 5.81. The monoisotopic (exact) mass is 223 g/mol. The topological polar surface area (TPSA) is 49.9 Å². The highest BCUT2D eigenvalue weighted by molar-refractivity contribution is 7.90. The molecule has 0 aliphatic rings. The van der Waals surface area contributed by atoms with Gasteiger partial charge < -0.3 is 4.98 Å². The van der Waals surface area contributed by atoms with E-state index >= 15 is 0 Å². The lowest BCUT2D eigenvalue weighted by atomic mass is 10.1. The zero-order valence-electron chi connectivity index (χ0n) is 8.96. The molecule has 0 amide bonds. The molecule has 1 N–H and O–H groups in total. The molecule has 80 valence electrons. The molecule has 2 aromatic rings. The van der Waals surface area contributed by atoms with Crippen LogP contribution in [0.3, 0.4) is 0 Å². The minimum absolute atomic E-state index is 0.453. The summed E-state index contributed by atoms with van der Waals surface area (Å²) in [5.74, 6) is 0.